The molecular formula is C29H66FNO8S. The molecule has 248 valence electrons. The van der Waals surface area contributed by atoms with Crippen LogP contribution in [0.4, 0.5) is 4.70 Å². The molecule has 0 rings (SSSR count). The summed E-state index contributed by atoms with van der Waals surface area (Å²) in [6, 6.07) is 0. The van der Waals surface area contributed by atoms with Crippen LogP contribution in [-0.2, 0) is 34.0 Å². The Hall–Kier alpha value is -1.43. The zero-order valence-corrected chi connectivity index (χ0v) is 24.6. The van der Waals surface area contributed by atoms with E-state index >= 15 is 0 Å². The van der Waals surface area contributed by atoms with Crippen molar-refractivity contribution < 1.29 is 41.5 Å². The maximum absolute atomic E-state index is 12.0. The third-order valence-corrected chi connectivity index (χ3v) is 6.54. The van der Waals surface area contributed by atoms with Gasteiger partial charge in [-0.05, 0) is 71.6 Å². The minimum Gasteiger partial charge on any atom is -0.374 e. The van der Waals surface area contributed by atoms with Crippen molar-refractivity contribution in [1.29, 1.82) is 0 Å². The molecule has 2 N–H and O–H groups in total. The van der Waals surface area contributed by atoms with Gasteiger partial charge < -0.3 is 14.8 Å². The lowest BCUT2D eigenvalue weighted by molar-refractivity contribution is -0.142. The zero-order chi connectivity index (χ0) is 28.0. The van der Waals surface area contributed by atoms with Crippen LogP contribution in [0.15, 0.2) is 0 Å². The lowest BCUT2D eigenvalue weighted by Gasteiger charge is -2.31. The summed E-state index contributed by atoms with van der Waals surface area (Å²) < 4.78 is 41.3. The third kappa shape index (κ3) is 26.8. The SMILES string of the molecule is C.C.C.C.COC(CC(C)C)C(C)=O.COC(CCCCC(=O)NC(C)(C)CS(=O)(=O)O)(CC(C)C)C(C)=O.F. The largest absolute Gasteiger partial charge is 0.374 e. The van der Waals surface area contributed by atoms with Crippen molar-refractivity contribution in [1.82, 2.24) is 5.32 Å². The molecule has 0 radical (unpaired) electrons. The van der Waals surface area contributed by atoms with Gasteiger partial charge in [-0.1, -0.05) is 57.4 Å². The Morgan fingerprint density at radius 2 is 1.38 bits per heavy atom. The van der Waals surface area contributed by atoms with Crippen LogP contribution in [0.5, 0.6) is 0 Å². The van der Waals surface area contributed by atoms with Crippen LogP contribution >= 0.6 is 0 Å². The summed E-state index contributed by atoms with van der Waals surface area (Å²) >= 11 is 0. The van der Waals surface area contributed by atoms with E-state index in [1.807, 2.05) is 13.8 Å². The summed E-state index contributed by atoms with van der Waals surface area (Å²) in [7, 11) is -1.05. The van der Waals surface area contributed by atoms with E-state index in [1.165, 1.54) is 27.9 Å². The number of hydrogen-bond acceptors (Lipinski definition) is 7. The van der Waals surface area contributed by atoms with Crippen molar-refractivity contribution >= 4 is 27.6 Å². The van der Waals surface area contributed by atoms with Gasteiger partial charge in [0.1, 0.15) is 11.7 Å². The highest BCUT2D eigenvalue weighted by Crippen LogP contribution is 2.28. The molecule has 0 saturated heterocycles. The second-order valence-corrected chi connectivity index (χ2v) is 12.1. The van der Waals surface area contributed by atoms with Crippen LogP contribution in [0.25, 0.3) is 0 Å². The van der Waals surface area contributed by atoms with Gasteiger partial charge in [-0.2, -0.15) is 8.42 Å². The zero-order valence-electron chi connectivity index (χ0n) is 23.8. The maximum atomic E-state index is 12.0. The quantitative estimate of drug-likeness (QED) is 0.146. The molecule has 40 heavy (non-hydrogen) atoms. The number of unbranched alkanes of at least 4 members (excludes halogenated alkanes) is 1. The molecule has 2 unspecified atom stereocenters. The molecular weight excluding hydrogens is 541 g/mol. The molecule has 0 fully saturated rings. The van der Waals surface area contributed by atoms with Crippen LogP contribution in [0.1, 0.15) is 124 Å². The fourth-order valence-corrected chi connectivity index (χ4v) is 4.88. The summed E-state index contributed by atoms with van der Waals surface area (Å²) in [5, 5.41) is 2.60. The summed E-state index contributed by atoms with van der Waals surface area (Å²) in [6.07, 6.45) is 3.22. The van der Waals surface area contributed by atoms with E-state index in [9.17, 15) is 22.8 Å². The summed E-state index contributed by atoms with van der Waals surface area (Å²) in [4.78, 5) is 34.7. The van der Waals surface area contributed by atoms with Gasteiger partial charge in [-0.25, -0.2) is 0 Å². The predicted octanol–water partition coefficient (Wildman–Crippen LogP) is 6.68. The first-order valence-corrected chi connectivity index (χ1v) is 13.8. The molecule has 0 spiro atoms. The topological polar surface area (TPSA) is 136 Å². The predicted molar refractivity (Wildman–Crippen MR) is 167 cm³/mol. The van der Waals surface area contributed by atoms with E-state index < -0.39 is 27.0 Å². The van der Waals surface area contributed by atoms with Crippen molar-refractivity contribution in [2.45, 2.75) is 141 Å². The number of methoxy groups -OCH3 is 2. The third-order valence-electron chi connectivity index (χ3n) is 5.45. The number of Topliss-reactive ketones (excluding diaryl/α,β-unsaturated/α-hetero) is 2. The van der Waals surface area contributed by atoms with Gasteiger partial charge in [-0.15, -0.1) is 0 Å². The Bertz CT molecular complexity index is 770. The molecule has 0 bridgehead atoms. The van der Waals surface area contributed by atoms with E-state index in [1.54, 1.807) is 14.0 Å². The number of hydrogen-bond donors (Lipinski definition) is 2. The second-order valence-electron chi connectivity index (χ2n) is 10.7. The lowest BCUT2D eigenvalue weighted by Crippen LogP contribution is -2.48. The number of amides is 1. The van der Waals surface area contributed by atoms with Crippen LogP contribution < -0.4 is 5.32 Å². The van der Waals surface area contributed by atoms with E-state index in [-0.39, 0.29) is 64.4 Å². The molecule has 0 aliphatic carbocycles. The van der Waals surface area contributed by atoms with Gasteiger partial charge in [0.05, 0.1) is 11.3 Å². The van der Waals surface area contributed by atoms with Gasteiger partial charge in [0.15, 0.2) is 11.6 Å². The highest BCUT2D eigenvalue weighted by atomic mass is 32.2. The van der Waals surface area contributed by atoms with E-state index in [4.69, 9.17) is 14.0 Å². The minimum atomic E-state index is -4.17. The Morgan fingerprint density at radius 3 is 1.65 bits per heavy atom. The Labute approximate surface area is 247 Å². The Morgan fingerprint density at radius 1 is 0.900 bits per heavy atom. The average molecular weight is 608 g/mol. The number of carbonyl (C=O) groups excluding carboxylic acids is 3. The number of rotatable bonds is 16. The van der Waals surface area contributed by atoms with E-state index in [2.05, 4.69) is 19.2 Å². The van der Waals surface area contributed by atoms with Gasteiger partial charge in [0, 0.05) is 20.6 Å². The standard InChI is InChI=1S/C17H33NO6S.C8H16O2.4CH4.FH/c1-13(2)11-17(24-6,14(3)19)10-8-7-9-15(20)18-16(4,5)12-25(21,22)23;1-6(2)5-8(10-4)7(3)9;;;;;/h13H,7-12H2,1-6H3,(H,18,20)(H,21,22,23);6,8H,5H2,1-4H3;4*1H4;1H. The molecule has 0 aliphatic heterocycles. The first-order chi connectivity index (χ1) is 15.8. The van der Waals surface area contributed by atoms with Gasteiger partial charge >= 0.3 is 0 Å². The van der Waals surface area contributed by atoms with Gasteiger partial charge in [-0.3, -0.25) is 23.6 Å². The van der Waals surface area contributed by atoms with Crippen LogP contribution in [0, 0.1) is 11.8 Å². The highest BCUT2D eigenvalue weighted by molar-refractivity contribution is 7.85. The average Bonchev–Trinajstić information content (AvgIpc) is 2.65. The van der Waals surface area contributed by atoms with E-state index in [0.29, 0.717) is 37.5 Å². The van der Waals surface area contributed by atoms with Crippen molar-refractivity contribution in [3.05, 3.63) is 0 Å². The first-order valence-electron chi connectivity index (χ1n) is 12.2. The second kappa shape index (κ2) is 25.3. The van der Waals surface area contributed by atoms with Crippen LogP contribution in [-0.4, -0.2) is 67.7 Å². The van der Waals surface area contributed by atoms with Crippen LogP contribution in [0.2, 0.25) is 0 Å². The smallest absolute Gasteiger partial charge is 0.267 e. The number of ether oxygens (including phenoxy) is 2. The normalized spacial score (nSPS) is 12.8. The van der Waals surface area contributed by atoms with Crippen molar-refractivity contribution in [3.63, 3.8) is 0 Å². The highest BCUT2D eigenvalue weighted by Gasteiger charge is 2.35. The molecule has 0 aromatic carbocycles. The Balaban J connectivity index is -0.000000125. The molecule has 11 heteroatoms. The monoisotopic (exact) mass is 607 g/mol. The maximum Gasteiger partial charge on any atom is 0.267 e. The molecule has 0 aromatic rings. The summed E-state index contributed by atoms with van der Waals surface area (Å²) in [5.74, 6) is 0.112. The molecule has 9 nitrogen and oxygen atoms in total. The molecule has 0 saturated carbocycles. The molecule has 0 heterocycles. The first kappa shape index (κ1) is 54.6. The number of nitrogens with one attached hydrogen (secondary N) is 1. The Kier molecular flexibility index (Phi) is 34.5. The minimum absolute atomic E-state index is 0. The fourth-order valence-electron chi connectivity index (χ4n) is 3.89. The molecule has 0 aromatic heterocycles. The van der Waals surface area contributed by atoms with E-state index in [0.717, 1.165) is 6.42 Å². The number of halogens is 1. The van der Waals surface area contributed by atoms with Crippen molar-refractivity contribution in [3.8, 4) is 0 Å². The van der Waals surface area contributed by atoms with Crippen molar-refractivity contribution in [2.24, 2.45) is 11.8 Å². The number of carbonyl (C=O) groups is 3. The molecule has 0 aliphatic rings. The molecule has 2 atom stereocenters. The molecule has 1 amide bonds. The lowest BCUT2D eigenvalue weighted by atomic mass is 9.84. The van der Waals surface area contributed by atoms with Crippen molar-refractivity contribution in [2.75, 3.05) is 20.0 Å². The summed E-state index contributed by atoms with van der Waals surface area (Å²) in [5.41, 5.74) is -1.85. The van der Waals surface area contributed by atoms with Gasteiger partial charge in [0.2, 0.25) is 5.91 Å². The number of ketones is 2. The summed E-state index contributed by atoms with van der Waals surface area (Å²) in [6.45, 7) is 14.4. The van der Waals surface area contributed by atoms with Crippen LogP contribution in [0.3, 0.4) is 0 Å². The fraction of sp³-hybridized carbons (Fsp3) is 0.897. The van der Waals surface area contributed by atoms with Gasteiger partial charge in [0.25, 0.3) is 10.1 Å².